The van der Waals surface area contributed by atoms with E-state index in [1.54, 1.807) is 6.08 Å². The lowest BCUT2D eigenvalue weighted by Crippen LogP contribution is -2.48. The van der Waals surface area contributed by atoms with Gasteiger partial charge in [0.05, 0.1) is 26.4 Å². The maximum Gasteiger partial charge on any atom is 0.324 e. The molecular weight excluding hydrogens is 262 g/mol. The summed E-state index contributed by atoms with van der Waals surface area (Å²) < 4.78 is 33.6. The molecule has 8 heteroatoms. The maximum absolute atomic E-state index is 11.8. The van der Waals surface area contributed by atoms with Crippen LogP contribution in [0.25, 0.3) is 0 Å². The Morgan fingerprint density at radius 2 is 1.94 bits per heavy atom. The molecule has 0 saturated heterocycles. The Labute approximate surface area is 105 Å². The molecule has 0 aromatic rings. The molecule has 0 aromatic heterocycles. The van der Waals surface area contributed by atoms with Crippen LogP contribution in [0.5, 0.6) is 0 Å². The quantitative estimate of drug-likeness (QED) is 0.498. The van der Waals surface area contributed by atoms with Crippen molar-refractivity contribution < 1.29 is 27.5 Å². The Morgan fingerprint density at radius 3 is 2.44 bits per heavy atom. The van der Waals surface area contributed by atoms with Gasteiger partial charge in [-0.25, -0.2) is 8.42 Å². The highest BCUT2D eigenvalue weighted by atomic mass is 32.2. The lowest BCUT2D eigenvalue weighted by molar-refractivity contribution is -0.151. The average molecular weight is 277 g/mol. The first-order chi connectivity index (χ1) is 8.42. The standard InChI is InChI=1S/C10H15NO6S/c1-16-9(12)7-8(10(13)17-2)11-5-3-4-6-18(11,14)15/h3-4,8H,5-7H2,1-2H3/t8-/m0/s1. The Morgan fingerprint density at radius 1 is 1.28 bits per heavy atom. The molecule has 7 nitrogen and oxygen atoms in total. The summed E-state index contributed by atoms with van der Waals surface area (Å²) in [6.45, 7) is 0.0408. The molecule has 1 rings (SSSR count). The molecule has 18 heavy (non-hydrogen) atoms. The van der Waals surface area contributed by atoms with E-state index in [1.165, 1.54) is 13.2 Å². The van der Waals surface area contributed by atoms with Crippen molar-refractivity contribution >= 4 is 22.0 Å². The summed E-state index contributed by atoms with van der Waals surface area (Å²) >= 11 is 0. The minimum Gasteiger partial charge on any atom is -0.469 e. The zero-order valence-corrected chi connectivity index (χ0v) is 11.0. The van der Waals surface area contributed by atoms with Gasteiger partial charge < -0.3 is 9.47 Å². The third-order valence-corrected chi connectivity index (χ3v) is 4.26. The summed E-state index contributed by atoms with van der Waals surface area (Å²) in [7, 11) is -1.29. The SMILES string of the molecule is COC(=O)C[C@@H](C(=O)OC)N1CC=CCS1(=O)=O. The molecule has 0 fully saturated rings. The van der Waals surface area contributed by atoms with Gasteiger partial charge >= 0.3 is 11.9 Å². The zero-order chi connectivity index (χ0) is 13.8. The van der Waals surface area contributed by atoms with Crippen LogP contribution in [-0.4, -0.2) is 57.2 Å². The van der Waals surface area contributed by atoms with E-state index in [9.17, 15) is 18.0 Å². The molecule has 1 aliphatic rings. The molecule has 102 valence electrons. The van der Waals surface area contributed by atoms with E-state index in [0.29, 0.717) is 0 Å². The highest BCUT2D eigenvalue weighted by molar-refractivity contribution is 7.89. The number of rotatable bonds is 4. The summed E-state index contributed by atoms with van der Waals surface area (Å²) in [5, 5.41) is 0. The van der Waals surface area contributed by atoms with E-state index in [0.717, 1.165) is 11.4 Å². The predicted octanol–water partition coefficient (Wildman–Crippen LogP) is -0.707. The smallest absolute Gasteiger partial charge is 0.324 e. The van der Waals surface area contributed by atoms with E-state index >= 15 is 0 Å². The van der Waals surface area contributed by atoms with Gasteiger partial charge in [-0.15, -0.1) is 0 Å². The molecule has 0 radical (unpaired) electrons. The summed E-state index contributed by atoms with van der Waals surface area (Å²) in [6.07, 6.45) is 2.75. The van der Waals surface area contributed by atoms with Crippen LogP contribution < -0.4 is 0 Å². The maximum atomic E-state index is 11.8. The van der Waals surface area contributed by atoms with Gasteiger partial charge in [0.1, 0.15) is 6.04 Å². The Kier molecular flexibility index (Phi) is 4.85. The zero-order valence-electron chi connectivity index (χ0n) is 10.2. The van der Waals surface area contributed by atoms with Crippen LogP contribution in [0.1, 0.15) is 6.42 Å². The molecule has 0 saturated carbocycles. The van der Waals surface area contributed by atoms with Crippen molar-refractivity contribution in [2.24, 2.45) is 0 Å². The second kappa shape index (κ2) is 5.96. The van der Waals surface area contributed by atoms with Crippen molar-refractivity contribution in [3.8, 4) is 0 Å². The van der Waals surface area contributed by atoms with E-state index in [1.807, 2.05) is 0 Å². The molecule has 0 amide bonds. The van der Waals surface area contributed by atoms with Crippen molar-refractivity contribution in [3.05, 3.63) is 12.2 Å². The molecule has 0 spiro atoms. The number of hydrogen-bond donors (Lipinski definition) is 0. The second-order valence-corrected chi connectivity index (χ2v) is 5.61. The van der Waals surface area contributed by atoms with Gasteiger partial charge in [-0.1, -0.05) is 12.2 Å². The first kappa shape index (κ1) is 14.7. The topological polar surface area (TPSA) is 90.0 Å². The van der Waals surface area contributed by atoms with Gasteiger partial charge in [0.15, 0.2) is 0 Å². The molecule has 0 aromatic carbocycles. The molecule has 1 heterocycles. The van der Waals surface area contributed by atoms with Gasteiger partial charge in [-0.2, -0.15) is 4.31 Å². The van der Waals surface area contributed by atoms with Crippen molar-refractivity contribution in [1.82, 2.24) is 4.31 Å². The number of carbonyl (C=O) groups excluding carboxylic acids is 2. The highest BCUT2D eigenvalue weighted by Gasteiger charge is 2.37. The number of esters is 2. The van der Waals surface area contributed by atoms with E-state index in [4.69, 9.17) is 0 Å². The van der Waals surface area contributed by atoms with Crippen LogP contribution >= 0.6 is 0 Å². The Hall–Kier alpha value is -1.41. The predicted molar refractivity (Wildman–Crippen MR) is 62.1 cm³/mol. The largest absolute Gasteiger partial charge is 0.469 e. The second-order valence-electron chi connectivity index (χ2n) is 3.64. The van der Waals surface area contributed by atoms with Gasteiger partial charge in [0, 0.05) is 6.54 Å². The molecule has 0 N–H and O–H groups in total. The number of sulfonamides is 1. The van der Waals surface area contributed by atoms with Crippen LogP contribution in [0, 0.1) is 0 Å². The van der Waals surface area contributed by atoms with Gasteiger partial charge in [-0.3, -0.25) is 9.59 Å². The number of nitrogens with zero attached hydrogens (tertiary/aromatic N) is 1. The summed E-state index contributed by atoms with van der Waals surface area (Å²) in [6, 6.07) is -1.18. The third-order valence-electron chi connectivity index (χ3n) is 2.52. The number of ether oxygens (including phenoxy) is 2. The molecule has 0 aliphatic carbocycles. The number of methoxy groups -OCH3 is 2. The average Bonchev–Trinajstić information content (AvgIpc) is 2.34. The first-order valence-electron chi connectivity index (χ1n) is 5.21. The molecule has 0 bridgehead atoms. The van der Waals surface area contributed by atoms with Gasteiger partial charge in [0.25, 0.3) is 0 Å². The fourth-order valence-electron chi connectivity index (χ4n) is 1.58. The van der Waals surface area contributed by atoms with E-state index in [2.05, 4.69) is 9.47 Å². The van der Waals surface area contributed by atoms with Gasteiger partial charge in [0.2, 0.25) is 10.0 Å². The van der Waals surface area contributed by atoms with Crippen LogP contribution in [-0.2, 0) is 29.1 Å². The number of hydrogen-bond acceptors (Lipinski definition) is 6. The van der Waals surface area contributed by atoms with Gasteiger partial charge in [-0.05, 0) is 0 Å². The van der Waals surface area contributed by atoms with Crippen LogP contribution in [0.15, 0.2) is 12.2 Å². The monoisotopic (exact) mass is 277 g/mol. The fourth-order valence-corrected chi connectivity index (χ4v) is 3.01. The van der Waals surface area contributed by atoms with E-state index < -0.39 is 28.0 Å². The molecular formula is C10H15NO6S. The molecule has 0 unspecified atom stereocenters. The van der Waals surface area contributed by atoms with Crippen molar-refractivity contribution in [2.45, 2.75) is 12.5 Å². The minimum absolute atomic E-state index is 0.0408. The minimum atomic E-state index is -3.59. The Bertz CT molecular complexity index is 455. The van der Waals surface area contributed by atoms with Crippen molar-refractivity contribution in [2.75, 3.05) is 26.5 Å². The summed E-state index contributed by atoms with van der Waals surface area (Å²) in [5.74, 6) is -1.64. The summed E-state index contributed by atoms with van der Waals surface area (Å²) in [4.78, 5) is 22.8. The summed E-state index contributed by atoms with van der Waals surface area (Å²) in [5.41, 5.74) is 0. The van der Waals surface area contributed by atoms with E-state index in [-0.39, 0.29) is 18.7 Å². The first-order valence-corrected chi connectivity index (χ1v) is 6.82. The third kappa shape index (κ3) is 3.30. The fraction of sp³-hybridized carbons (Fsp3) is 0.600. The van der Waals surface area contributed by atoms with Crippen LogP contribution in [0.4, 0.5) is 0 Å². The lowest BCUT2D eigenvalue weighted by atomic mass is 10.2. The highest BCUT2D eigenvalue weighted by Crippen LogP contribution is 2.16. The van der Waals surface area contributed by atoms with Crippen LogP contribution in [0.3, 0.4) is 0 Å². The Balaban J connectivity index is 2.99. The molecule has 1 aliphatic heterocycles. The van der Waals surface area contributed by atoms with Crippen molar-refractivity contribution in [1.29, 1.82) is 0 Å². The van der Waals surface area contributed by atoms with Crippen molar-refractivity contribution in [3.63, 3.8) is 0 Å². The number of carbonyl (C=O) groups is 2. The normalized spacial score (nSPS) is 20.1. The van der Waals surface area contributed by atoms with Crippen LogP contribution in [0.2, 0.25) is 0 Å². The lowest BCUT2D eigenvalue weighted by Gasteiger charge is -2.28. The molecule has 1 atom stereocenters.